The molecule has 4 saturated carbocycles. The first-order valence-corrected chi connectivity index (χ1v) is 8.32. The van der Waals surface area contributed by atoms with Crippen molar-refractivity contribution in [1.82, 2.24) is 0 Å². The fraction of sp³-hybridized carbons (Fsp3) is 0.611. The molecule has 0 amide bonds. The number of Topliss-reactive ketones (excluding diaryl/α,β-unsaturated/α-hetero) is 1. The molecule has 0 unspecified atom stereocenters. The second-order valence-electron chi connectivity index (χ2n) is 7.72. The number of pyridine rings is 1. The maximum absolute atomic E-state index is 13.0. The lowest BCUT2D eigenvalue weighted by molar-refractivity contribution is -0.685. The summed E-state index contributed by atoms with van der Waals surface area (Å²) < 4.78 is 1.78. The molecular weight excluding hydrogens is 356 g/mol. The van der Waals surface area contributed by atoms with Crippen LogP contribution in [0.4, 0.5) is 0 Å². The molecule has 1 N–H and O–H groups in total. The van der Waals surface area contributed by atoms with E-state index in [4.69, 9.17) is 5.41 Å². The zero-order valence-corrected chi connectivity index (χ0v) is 14.9. The van der Waals surface area contributed by atoms with E-state index in [9.17, 15) is 9.90 Å². The van der Waals surface area contributed by atoms with Crippen LogP contribution >= 0.6 is 17.0 Å². The van der Waals surface area contributed by atoms with Gasteiger partial charge in [0, 0.05) is 17.0 Å². The van der Waals surface area contributed by atoms with Crippen molar-refractivity contribution >= 4 is 28.7 Å². The van der Waals surface area contributed by atoms with Crippen LogP contribution in [0.5, 0.6) is 0 Å². The predicted molar refractivity (Wildman–Crippen MR) is 89.4 cm³/mol. The summed E-state index contributed by atoms with van der Waals surface area (Å²) in [6.45, 7) is 0.341. The highest BCUT2D eigenvalue weighted by atomic mass is 79.9. The number of nitrogens with one attached hydrogen (secondary N) is 1. The number of aromatic nitrogens is 1. The van der Waals surface area contributed by atoms with Crippen LogP contribution in [0.15, 0.2) is 24.5 Å². The highest BCUT2D eigenvalue weighted by molar-refractivity contribution is 8.93. The van der Waals surface area contributed by atoms with Gasteiger partial charge in [-0.3, -0.25) is 4.79 Å². The summed E-state index contributed by atoms with van der Waals surface area (Å²) in [6.07, 6.45) is 10.7. The summed E-state index contributed by atoms with van der Waals surface area (Å²) in [5.74, 6) is 1.94. The smallest absolute Gasteiger partial charge is 0.207 e. The topological polar surface area (TPSA) is 67.9 Å². The van der Waals surface area contributed by atoms with Crippen LogP contribution in [0.3, 0.4) is 0 Å². The van der Waals surface area contributed by atoms with Crippen LogP contribution in [0.1, 0.15) is 44.1 Å². The Morgan fingerprint density at radius 2 is 1.78 bits per heavy atom. The Kier molecular flexibility index (Phi) is 4.34. The Labute approximate surface area is 147 Å². The molecule has 4 aliphatic rings. The Bertz CT molecular complexity index is 608. The van der Waals surface area contributed by atoms with E-state index in [-0.39, 0.29) is 22.4 Å². The molecule has 5 heteroatoms. The van der Waals surface area contributed by atoms with E-state index in [0.717, 1.165) is 37.0 Å². The van der Waals surface area contributed by atoms with Gasteiger partial charge < -0.3 is 10.5 Å². The average Bonchev–Trinajstić information content (AvgIpc) is 2.46. The van der Waals surface area contributed by atoms with E-state index in [0.29, 0.717) is 17.9 Å². The van der Waals surface area contributed by atoms with E-state index in [2.05, 4.69) is 0 Å². The molecule has 5 rings (SSSR count). The van der Waals surface area contributed by atoms with Gasteiger partial charge in [-0.25, -0.2) is 0 Å². The van der Waals surface area contributed by atoms with Crippen molar-refractivity contribution in [3.05, 3.63) is 30.1 Å². The molecule has 1 heterocycles. The molecule has 4 fully saturated rings. The SMILES string of the molecule is Br.N=C([O-])c1ccc[n+](CC(=O)C23CC4CC(CC(C4)C2)C3)c1. The molecule has 0 saturated heterocycles. The van der Waals surface area contributed by atoms with Gasteiger partial charge in [-0.2, -0.15) is 4.57 Å². The molecule has 4 nitrogen and oxygen atoms in total. The first-order chi connectivity index (χ1) is 10.5. The quantitative estimate of drug-likeness (QED) is 0.494. The van der Waals surface area contributed by atoms with Gasteiger partial charge in [0.15, 0.2) is 12.4 Å². The third-order valence-corrected chi connectivity index (χ3v) is 6.08. The van der Waals surface area contributed by atoms with Gasteiger partial charge in [0.05, 0.1) is 0 Å². The van der Waals surface area contributed by atoms with E-state index >= 15 is 0 Å². The lowest BCUT2D eigenvalue weighted by Gasteiger charge is -2.55. The van der Waals surface area contributed by atoms with Crippen LogP contribution in [0.2, 0.25) is 0 Å². The molecule has 1 aromatic rings. The van der Waals surface area contributed by atoms with Crippen molar-refractivity contribution in [2.45, 2.75) is 45.1 Å². The number of carbonyl (C=O) groups is 1. The minimum atomic E-state index is -0.698. The molecule has 124 valence electrons. The van der Waals surface area contributed by atoms with Crippen LogP contribution in [-0.4, -0.2) is 11.7 Å². The Balaban J connectivity index is 0.00000156. The molecule has 4 aliphatic carbocycles. The van der Waals surface area contributed by atoms with Crippen LogP contribution < -0.4 is 9.67 Å². The van der Waals surface area contributed by atoms with E-state index in [1.165, 1.54) is 19.3 Å². The summed E-state index contributed by atoms with van der Waals surface area (Å²) >= 11 is 0. The highest BCUT2D eigenvalue weighted by Gasteiger charge is 2.54. The zero-order chi connectivity index (χ0) is 15.3. The second kappa shape index (κ2) is 6.00. The van der Waals surface area contributed by atoms with Gasteiger partial charge in [-0.15, -0.1) is 17.0 Å². The molecule has 0 atom stereocenters. The molecule has 0 aromatic carbocycles. The second-order valence-corrected chi connectivity index (χ2v) is 7.72. The minimum Gasteiger partial charge on any atom is -0.859 e. The molecule has 1 aromatic heterocycles. The predicted octanol–water partition coefficient (Wildman–Crippen LogP) is 2.02. The number of ketones is 1. The molecule has 0 aliphatic heterocycles. The van der Waals surface area contributed by atoms with E-state index in [1.807, 2.05) is 6.20 Å². The fourth-order valence-electron chi connectivity index (χ4n) is 5.54. The normalized spacial score (nSPS) is 34.0. The monoisotopic (exact) mass is 378 g/mol. The maximum Gasteiger partial charge on any atom is 0.207 e. The van der Waals surface area contributed by atoms with Crippen LogP contribution in [0.25, 0.3) is 0 Å². The third-order valence-electron chi connectivity index (χ3n) is 6.08. The fourth-order valence-corrected chi connectivity index (χ4v) is 5.54. The lowest BCUT2D eigenvalue weighted by Crippen LogP contribution is -2.53. The van der Waals surface area contributed by atoms with Gasteiger partial charge in [0.1, 0.15) is 0 Å². The van der Waals surface area contributed by atoms with Gasteiger partial charge in [0.2, 0.25) is 12.3 Å². The lowest BCUT2D eigenvalue weighted by atomic mass is 9.48. The maximum atomic E-state index is 13.0. The summed E-state index contributed by atoms with van der Waals surface area (Å²) in [6, 6.07) is 3.37. The number of nitrogens with zero attached hydrogens (tertiary/aromatic N) is 1. The number of rotatable bonds is 4. The number of hydrogen-bond acceptors (Lipinski definition) is 3. The molecule has 0 radical (unpaired) electrons. The summed E-state index contributed by atoms with van der Waals surface area (Å²) in [5.41, 5.74) is 0.253. The standard InChI is InChI=1S/C18H22N2O2.BrH/c19-17(22)15-2-1-3-20(10-15)11-16(21)18-7-12-4-13(8-18)6-14(5-12)9-18;/h1-3,10,12-14H,4-9,11H2,(H-,19,22);1H. The Morgan fingerprint density at radius 1 is 1.22 bits per heavy atom. The first kappa shape index (κ1) is 16.6. The van der Waals surface area contributed by atoms with Crippen molar-refractivity contribution < 1.29 is 14.5 Å². The van der Waals surface area contributed by atoms with Gasteiger partial charge in [-0.05, 0) is 68.2 Å². The summed E-state index contributed by atoms with van der Waals surface area (Å²) in [7, 11) is 0. The van der Waals surface area contributed by atoms with Gasteiger partial charge in [-0.1, -0.05) is 0 Å². The minimum absolute atomic E-state index is 0. The molecule has 4 bridgehead atoms. The van der Waals surface area contributed by atoms with Crippen molar-refractivity contribution in [3.63, 3.8) is 0 Å². The highest BCUT2D eigenvalue weighted by Crippen LogP contribution is 2.60. The number of hydrogen-bond donors (Lipinski definition) is 1. The van der Waals surface area contributed by atoms with E-state index in [1.54, 1.807) is 22.9 Å². The van der Waals surface area contributed by atoms with Gasteiger partial charge >= 0.3 is 0 Å². The largest absolute Gasteiger partial charge is 0.859 e. The third kappa shape index (κ3) is 2.95. The summed E-state index contributed by atoms with van der Waals surface area (Å²) in [4.78, 5) is 13.0. The molecule has 0 spiro atoms. The van der Waals surface area contributed by atoms with Crippen molar-refractivity contribution in [2.24, 2.45) is 23.2 Å². The molecule has 23 heavy (non-hydrogen) atoms. The Hall–Kier alpha value is -1.23. The summed E-state index contributed by atoms with van der Waals surface area (Å²) in [5, 5.41) is 18.4. The average molecular weight is 379 g/mol. The van der Waals surface area contributed by atoms with Gasteiger partial charge in [0.25, 0.3) is 0 Å². The van der Waals surface area contributed by atoms with Crippen molar-refractivity contribution in [2.75, 3.05) is 0 Å². The number of carbonyl (C=O) groups excluding carboxylic acids is 1. The first-order valence-electron chi connectivity index (χ1n) is 8.32. The van der Waals surface area contributed by atoms with Crippen molar-refractivity contribution in [3.8, 4) is 0 Å². The number of halogens is 1. The molecular formula is C18H23BrN2O2. The zero-order valence-electron chi connectivity index (χ0n) is 13.2. The van der Waals surface area contributed by atoms with Crippen LogP contribution in [-0.2, 0) is 11.3 Å². The van der Waals surface area contributed by atoms with E-state index < -0.39 is 5.90 Å². The van der Waals surface area contributed by atoms with Crippen LogP contribution in [0, 0.1) is 28.6 Å². The Morgan fingerprint density at radius 3 is 2.30 bits per heavy atom. The van der Waals surface area contributed by atoms with Crippen molar-refractivity contribution in [1.29, 1.82) is 5.41 Å².